The Morgan fingerprint density at radius 3 is 1.71 bits per heavy atom. The summed E-state index contributed by atoms with van der Waals surface area (Å²) in [6, 6.07) is 0. The minimum atomic E-state index is -4.26. The normalized spacial score (nSPS) is 13.1. The van der Waals surface area contributed by atoms with E-state index in [9.17, 15) is 13.2 Å². The Labute approximate surface area is 43.6 Å². The lowest BCUT2D eigenvalue weighted by molar-refractivity contribution is -0.0796. The third-order valence-electron chi connectivity index (χ3n) is 0.252. The Kier molecular flexibility index (Phi) is 2.15. The van der Waals surface area contributed by atoms with Crippen LogP contribution in [0.15, 0.2) is 11.6 Å². The number of hydrogen-bond acceptors (Lipinski definition) is 0. The van der Waals surface area contributed by atoms with Crippen LogP contribution in [0.5, 0.6) is 0 Å². The van der Waals surface area contributed by atoms with Crippen LogP contribution < -0.4 is 0 Å². The number of halogens is 4. The van der Waals surface area contributed by atoms with Crippen molar-refractivity contribution in [3.63, 3.8) is 0 Å². The molecule has 0 saturated heterocycles. The van der Waals surface area contributed by atoms with Crippen LogP contribution in [0.25, 0.3) is 0 Å². The Hall–Kier alpha value is -0.180. The van der Waals surface area contributed by atoms with Crippen LogP contribution in [0, 0.1) is 0 Å². The summed E-state index contributed by atoms with van der Waals surface area (Å²) in [5.74, 6) is 0. The lowest BCUT2D eigenvalue weighted by Gasteiger charge is -1.92. The van der Waals surface area contributed by atoms with Crippen LogP contribution in [0.4, 0.5) is 13.2 Å². The smallest absolute Gasteiger partial charge is 0.167 e. The summed E-state index contributed by atoms with van der Waals surface area (Å²) in [7, 11) is 0. The maximum Gasteiger partial charge on any atom is 0.410 e. The minimum Gasteiger partial charge on any atom is -0.167 e. The topological polar surface area (TPSA) is 0 Å². The second kappa shape index (κ2) is 2.21. The lowest BCUT2D eigenvalue weighted by atomic mass is 10.6. The molecule has 0 N–H and O–H groups in total. The van der Waals surface area contributed by atoms with Crippen molar-refractivity contribution < 1.29 is 13.2 Å². The first-order valence-corrected chi connectivity index (χ1v) is 1.84. The minimum absolute atomic E-state index is 0.0471. The van der Waals surface area contributed by atoms with Gasteiger partial charge in [-0.3, -0.25) is 0 Å². The van der Waals surface area contributed by atoms with Crippen LogP contribution in [0.1, 0.15) is 0 Å². The van der Waals surface area contributed by atoms with Crippen LogP contribution in [0.3, 0.4) is 0 Å². The predicted molar refractivity (Wildman–Crippen MR) is 21.0 cm³/mol. The van der Waals surface area contributed by atoms with Crippen LogP contribution in [-0.2, 0) is 0 Å². The van der Waals surface area contributed by atoms with E-state index in [4.69, 9.17) is 0 Å². The molecule has 0 aliphatic rings. The van der Waals surface area contributed by atoms with E-state index in [2.05, 4.69) is 11.6 Å². The van der Waals surface area contributed by atoms with Crippen molar-refractivity contribution in [1.82, 2.24) is 0 Å². The predicted octanol–water partition coefficient (Wildman–Crippen LogP) is 2.30. The molecule has 0 bridgehead atoms. The molecule has 0 aliphatic heterocycles. The second-order valence-electron chi connectivity index (χ2n) is 0.834. The van der Waals surface area contributed by atoms with E-state index in [0.717, 1.165) is 0 Å². The highest BCUT2D eigenvalue weighted by molar-refractivity contribution is 6.25. The quantitative estimate of drug-likeness (QED) is 0.472. The molecule has 0 amide bonds. The van der Waals surface area contributed by atoms with Crippen molar-refractivity contribution in [3.05, 3.63) is 11.6 Å². The van der Waals surface area contributed by atoms with Crippen molar-refractivity contribution in [3.8, 4) is 0 Å². The maximum absolute atomic E-state index is 10.9. The molecule has 0 spiro atoms. The molecule has 42 valence electrons. The summed E-state index contributed by atoms with van der Waals surface area (Å²) in [6.07, 6.45) is -4.31. The molecule has 0 fully saturated rings. The van der Waals surface area contributed by atoms with Crippen molar-refractivity contribution in [1.29, 1.82) is 0 Å². The third kappa shape index (κ3) is 5.82. The first kappa shape index (κ1) is 6.82. The molecular weight excluding hydrogens is 128 g/mol. The molecule has 0 aromatic heterocycles. The summed E-state index contributed by atoms with van der Waals surface area (Å²) >= 11 is 4.59. The van der Waals surface area contributed by atoms with E-state index in [1.165, 1.54) is 0 Å². The Balaban J connectivity index is 3.56. The standard InChI is InChI=1S/C3H2ClF3/c4-2-1-3(5,6)7/h1-2H/b2-1+. The highest BCUT2D eigenvalue weighted by atomic mass is 35.5. The number of hydrogen-bond donors (Lipinski definition) is 0. The molecule has 0 aromatic rings. The molecule has 0 atom stereocenters. The fourth-order valence-electron chi connectivity index (χ4n) is 0.0714. The zero-order chi connectivity index (χ0) is 5.91. The van der Waals surface area contributed by atoms with Gasteiger partial charge in [0.15, 0.2) is 0 Å². The number of allylic oxidation sites excluding steroid dienone is 1. The van der Waals surface area contributed by atoms with E-state index >= 15 is 0 Å². The van der Waals surface area contributed by atoms with E-state index < -0.39 is 6.18 Å². The van der Waals surface area contributed by atoms with Gasteiger partial charge in [0.25, 0.3) is 0 Å². The largest absolute Gasteiger partial charge is 0.410 e. The summed E-state index contributed by atoms with van der Waals surface area (Å²) < 4.78 is 32.7. The van der Waals surface area contributed by atoms with Gasteiger partial charge in [0.2, 0.25) is 0 Å². The average Bonchev–Trinajstić information content (AvgIpc) is 1.30. The summed E-state index contributed by atoms with van der Waals surface area (Å²) in [6.45, 7) is 0. The highest BCUT2D eigenvalue weighted by Gasteiger charge is 2.21. The van der Waals surface area contributed by atoms with E-state index in [1.54, 1.807) is 0 Å². The van der Waals surface area contributed by atoms with E-state index in [-0.39, 0.29) is 6.08 Å². The van der Waals surface area contributed by atoms with Gasteiger partial charge in [-0.1, -0.05) is 11.6 Å². The first-order valence-electron chi connectivity index (χ1n) is 1.41. The van der Waals surface area contributed by atoms with Gasteiger partial charge in [-0.2, -0.15) is 13.2 Å². The van der Waals surface area contributed by atoms with Crippen molar-refractivity contribution in [2.75, 3.05) is 0 Å². The van der Waals surface area contributed by atoms with Gasteiger partial charge < -0.3 is 0 Å². The fraction of sp³-hybridized carbons (Fsp3) is 0.333. The van der Waals surface area contributed by atoms with Gasteiger partial charge in [0, 0.05) is 11.6 Å². The lowest BCUT2D eigenvalue weighted by Crippen LogP contribution is -1.99. The Morgan fingerprint density at radius 1 is 1.29 bits per heavy atom. The molecule has 7 heavy (non-hydrogen) atoms. The van der Waals surface area contributed by atoms with Gasteiger partial charge in [-0.15, -0.1) is 0 Å². The van der Waals surface area contributed by atoms with Crippen molar-refractivity contribution in [2.45, 2.75) is 6.18 Å². The highest BCUT2D eigenvalue weighted by Crippen LogP contribution is 2.15. The second-order valence-corrected chi connectivity index (χ2v) is 1.09. The average molecular weight is 130 g/mol. The zero-order valence-electron chi connectivity index (χ0n) is 3.17. The fourth-order valence-corrected chi connectivity index (χ4v) is 0.214. The summed E-state index contributed by atoms with van der Waals surface area (Å²) in [5.41, 5.74) is 0.431. The molecule has 0 radical (unpaired) electrons. The van der Waals surface area contributed by atoms with E-state index in [0.29, 0.717) is 5.54 Å². The number of rotatable bonds is 0. The summed E-state index contributed by atoms with van der Waals surface area (Å²) in [4.78, 5) is 0. The van der Waals surface area contributed by atoms with Gasteiger partial charge in [0.1, 0.15) is 0 Å². The van der Waals surface area contributed by atoms with E-state index in [1.807, 2.05) is 0 Å². The summed E-state index contributed by atoms with van der Waals surface area (Å²) in [5, 5.41) is 0. The maximum atomic E-state index is 10.9. The van der Waals surface area contributed by atoms with Crippen molar-refractivity contribution >= 4 is 11.6 Å². The molecule has 0 nitrogen and oxygen atoms in total. The van der Waals surface area contributed by atoms with Crippen molar-refractivity contribution in [2.24, 2.45) is 0 Å². The monoisotopic (exact) mass is 130 g/mol. The Bertz CT molecular complexity index is 72.7. The SMILES string of the molecule is FC(F)(F)/C=C/Cl. The van der Waals surface area contributed by atoms with Gasteiger partial charge in [0.05, 0.1) is 0 Å². The molecule has 0 aliphatic carbocycles. The molecule has 0 unspecified atom stereocenters. The molecule has 0 aromatic carbocycles. The van der Waals surface area contributed by atoms with Gasteiger partial charge in [-0.25, -0.2) is 0 Å². The molecule has 0 heterocycles. The number of alkyl halides is 3. The third-order valence-corrected chi connectivity index (χ3v) is 0.378. The molecule has 0 rings (SSSR count). The first-order chi connectivity index (χ1) is 3.06. The van der Waals surface area contributed by atoms with Crippen LogP contribution >= 0.6 is 11.6 Å². The van der Waals surface area contributed by atoms with Crippen LogP contribution in [0.2, 0.25) is 0 Å². The molecule has 4 heteroatoms. The molecule has 0 saturated carbocycles. The van der Waals surface area contributed by atoms with Crippen LogP contribution in [-0.4, -0.2) is 6.18 Å². The van der Waals surface area contributed by atoms with Gasteiger partial charge in [-0.05, 0) is 0 Å². The van der Waals surface area contributed by atoms with Gasteiger partial charge >= 0.3 is 6.18 Å². The Morgan fingerprint density at radius 2 is 1.71 bits per heavy atom. The molecular formula is C3H2ClF3. The zero-order valence-corrected chi connectivity index (χ0v) is 3.92.